The highest BCUT2D eigenvalue weighted by atomic mass is 32.1. The van der Waals surface area contributed by atoms with Crippen molar-refractivity contribution in [3.8, 4) is 0 Å². The Labute approximate surface area is 95.3 Å². The molecule has 2 rings (SSSR count). The molecule has 0 aromatic carbocycles. The fourth-order valence-corrected chi connectivity index (χ4v) is 2.81. The molecule has 0 aliphatic carbocycles. The number of hydrogen-bond donors (Lipinski definition) is 1. The van der Waals surface area contributed by atoms with Crippen molar-refractivity contribution in [3.63, 3.8) is 0 Å². The van der Waals surface area contributed by atoms with Crippen molar-refractivity contribution < 1.29 is 0 Å². The number of aromatic nitrogens is 1. The molecule has 1 aromatic heterocycles. The van der Waals surface area contributed by atoms with E-state index in [0.29, 0.717) is 12.1 Å². The van der Waals surface area contributed by atoms with Crippen LogP contribution < -0.4 is 5.73 Å². The SMILES string of the molecule is CC1CC(N)CCN1CCc1nccs1. The molecule has 0 radical (unpaired) electrons. The molecular weight excluding hydrogens is 206 g/mol. The summed E-state index contributed by atoms with van der Waals surface area (Å²) in [6.07, 6.45) is 5.24. The predicted molar refractivity (Wildman–Crippen MR) is 64.1 cm³/mol. The highest BCUT2D eigenvalue weighted by Crippen LogP contribution is 2.16. The summed E-state index contributed by atoms with van der Waals surface area (Å²) in [7, 11) is 0. The maximum atomic E-state index is 5.94. The largest absolute Gasteiger partial charge is 0.328 e. The Balaban J connectivity index is 1.79. The molecule has 0 bridgehead atoms. The van der Waals surface area contributed by atoms with E-state index in [9.17, 15) is 0 Å². The van der Waals surface area contributed by atoms with Crippen LogP contribution in [-0.4, -0.2) is 35.1 Å². The van der Waals surface area contributed by atoms with Gasteiger partial charge in [0, 0.05) is 36.6 Å². The normalized spacial score (nSPS) is 28.1. The van der Waals surface area contributed by atoms with Gasteiger partial charge in [0.1, 0.15) is 0 Å². The molecular formula is C11H19N3S. The Morgan fingerprint density at radius 2 is 2.53 bits per heavy atom. The van der Waals surface area contributed by atoms with Crippen LogP contribution in [0.25, 0.3) is 0 Å². The summed E-state index contributed by atoms with van der Waals surface area (Å²) in [4.78, 5) is 6.84. The summed E-state index contributed by atoms with van der Waals surface area (Å²) in [5.74, 6) is 0. The van der Waals surface area contributed by atoms with Gasteiger partial charge >= 0.3 is 0 Å². The van der Waals surface area contributed by atoms with Crippen molar-refractivity contribution in [1.82, 2.24) is 9.88 Å². The quantitative estimate of drug-likeness (QED) is 0.847. The summed E-state index contributed by atoms with van der Waals surface area (Å²) in [5.41, 5.74) is 5.94. The maximum absolute atomic E-state index is 5.94. The summed E-state index contributed by atoms with van der Waals surface area (Å²) < 4.78 is 0. The Morgan fingerprint density at radius 3 is 3.20 bits per heavy atom. The van der Waals surface area contributed by atoms with Crippen molar-refractivity contribution in [2.24, 2.45) is 5.73 Å². The third kappa shape index (κ3) is 3.00. The van der Waals surface area contributed by atoms with Gasteiger partial charge < -0.3 is 10.6 Å². The smallest absolute Gasteiger partial charge is 0.0937 e. The molecule has 3 nitrogen and oxygen atoms in total. The van der Waals surface area contributed by atoms with Gasteiger partial charge in [0.15, 0.2) is 0 Å². The van der Waals surface area contributed by atoms with Crippen LogP contribution in [0.15, 0.2) is 11.6 Å². The summed E-state index contributed by atoms with van der Waals surface area (Å²) in [6.45, 7) is 4.55. The van der Waals surface area contributed by atoms with Crippen LogP contribution in [-0.2, 0) is 6.42 Å². The van der Waals surface area contributed by atoms with E-state index in [4.69, 9.17) is 5.73 Å². The Hall–Kier alpha value is -0.450. The Bertz CT molecular complexity index is 286. The number of nitrogens with two attached hydrogens (primary N) is 1. The van der Waals surface area contributed by atoms with Gasteiger partial charge in [0.2, 0.25) is 0 Å². The van der Waals surface area contributed by atoms with Crippen molar-refractivity contribution in [2.75, 3.05) is 13.1 Å². The minimum absolute atomic E-state index is 0.413. The highest BCUT2D eigenvalue weighted by molar-refractivity contribution is 7.09. The van der Waals surface area contributed by atoms with E-state index in [0.717, 1.165) is 32.4 Å². The van der Waals surface area contributed by atoms with E-state index in [-0.39, 0.29) is 0 Å². The molecule has 0 spiro atoms. The fourth-order valence-electron chi connectivity index (χ4n) is 2.20. The monoisotopic (exact) mass is 225 g/mol. The van der Waals surface area contributed by atoms with Gasteiger partial charge in [-0.3, -0.25) is 0 Å². The van der Waals surface area contributed by atoms with Crippen LogP contribution in [0.5, 0.6) is 0 Å². The van der Waals surface area contributed by atoms with Gasteiger partial charge in [-0.1, -0.05) is 0 Å². The summed E-state index contributed by atoms with van der Waals surface area (Å²) >= 11 is 1.75. The third-order valence-corrected chi connectivity index (χ3v) is 3.99. The lowest BCUT2D eigenvalue weighted by Crippen LogP contribution is -2.46. The zero-order valence-corrected chi connectivity index (χ0v) is 10.0. The molecule has 1 fully saturated rings. The van der Waals surface area contributed by atoms with E-state index in [2.05, 4.69) is 16.8 Å². The first-order valence-electron chi connectivity index (χ1n) is 5.63. The summed E-state index contributed by atoms with van der Waals surface area (Å²) in [5, 5.41) is 3.29. The number of piperidine rings is 1. The zero-order valence-electron chi connectivity index (χ0n) is 9.22. The van der Waals surface area contributed by atoms with Crippen LogP contribution >= 0.6 is 11.3 Å². The molecule has 4 heteroatoms. The van der Waals surface area contributed by atoms with Gasteiger partial charge in [0.25, 0.3) is 0 Å². The minimum Gasteiger partial charge on any atom is -0.328 e. The molecule has 2 N–H and O–H groups in total. The standard InChI is InChI=1S/C11H19N3S/c1-9-8-10(12)2-5-14(9)6-3-11-13-4-7-15-11/h4,7,9-10H,2-3,5-6,8,12H2,1H3. The van der Waals surface area contributed by atoms with E-state index in [1.54, 1.807) is 11.3 Å². The van der Waals surface area contributed by atoms with Crippen LogP contribution in [0, 0.1) is 0 Å². The number of thiazole rings is 1. The van der Waals surface area contributed by atoms with Crippen molar-refractivity contribution in [1.29, 1.82) is 0 Å². The molecule has 1 saturated heterocycles. The van der Waals surface area contributed by atoms with E-state index >= 15 is 0 Å². The van der Waals surface area contributed by atoms with Crippen molar-refractivity contribution in [3.05, 3.63) is 16.6 Å². The zero-order chi connectivity index (χ0) is 10.7. The van der Waals surface area contributed by atoms with Gasteiger partial charge in [-0.2, -0.15) is 0 Å². The topological polar surface area (TPSA) is 42.1 Å². The Morgan fingerprint density at radius 1 is 1.67 bits per heavy atom. The minimum atomic E-state index is 0.413. The number of likely N-dealkylation sites (tertiary alicyclic amines) is 1. The second kappa shape index (κ2) is 5.05. The summed E-state index contributed by atoms with van der Waals surface area (Å²) in [6, 6.07) is 1.05. The lowest BCUT2D eigenvalue weighted by molar-refractivity contribution is 0.149. The molecule has 2 heterocycles. The lowest BCUT2D eigenvalue weighted by atomic mass is 9.99. The fraction of sp³-hybridized carbons (Fsp3) is 0.727. The van der Waals surface area contributed by atoms with Gasteiger partial charge in [0.05, 0.1) is 5.01 Å². The number of rotatable bonds is 3. The first-order chi connectivity index (χ1) is 7.25. The highest BCUT2D eigenvalue weighted by Gasteiger charge is 2.22. The lowest BCUT2D eigenvalue weighted by Gasteiger charge is -2.36. The van der Waals surface area contributed by atoms with Crippen LogP contribution in [0.3, 0.4) is 0 Å². The van der Waals surface area contributed by atoms with Crippen molar-refractivity contribution >= 4 is 11.3 Å². The molecule has 0 amide bonds. The van der Waals surface area contributed by atoms with Crippen LogP contribution in [0.1, 0.15) is 24.8 Å². The first kappa shape index (κ1) is 11.0. The third-order valence-electron chi connectivity index (χ3n) is 3.15. The number of hydrogen-bond acceptors (Lipinski definition) is 4. The molecule has 2 unspecified atom stereocenters. The van der Waals surface area contributed by atoms with Crippen LogP contribution in [0.2, 0.25) is 0 Å². The molecule has 1 aliphatic heterocycles. The van der Waals surface area contributed by atoms with Crippen molar-refractivity contribution in [2.45, 2.75) is 38.3 Å². The number of nitrogens with zero attached hydrogens (tertiary/aromatic N) is 2. The molecule has 1 aliphatic rings. The molecule has 15 heavy (non-hydrogen) atoms. The predicted octanol–water partition coefficient (Wildman–Crippen LogP) is 1.50. The second-order valence-corrected chi connectivity index (χ2v) is 5.32. The van der Waals surface area contributed by atoms with Gasteiger partial charge in [-0.15, -0.1) is 11.3 Å². The van der Waals surface area contributed by atoms with Crippen LogP contribution in [0.4, 0.5) is 0 Å². The average Bonchev–Trinajstić information content (AvgIpc) is 2.69. The van der Waals surface area contributed by atoms with Gasteiger partial charge in [-0.05, 0) is 26.3 Å². The van der Waals surface area contributed by atoms with E-state index < -0.39 is 0 Å². The first-order valence-corrected chi connectivity index (χ1v) is 6.51. The molecule has 84 valence electrons. The maximum Gasteiger partial charge on any atom is 0.0937 e. The average molecular weight is 225 g/mol. The van der Waals surface area contributed by atoms with E-state index in [1.807, 2.05) is 11.6 Å². The second-order valence-electron chi connectivity index (χ2n) is 4.35. The Kier molecular flexibility index (Phi) is 3.72. The van der Waals surface area contributed by atoms with E-state index in [1.165, 1.54) is 5.01 Å². The van der Waals surface area contributed by atoms with Gasteiger partial charge in [-0.25, -0.2) is 4.98 Å². The molecule has 0 saturated carbocycles. The molecule has 2 atom stereocenters. The molecule has 1 aromatic rings.